The Kier molecular flexibility index (Phi) is 3.21. The highest BCUT2D eigenvalue weighted by atomic mass is 16.5. The molecule has 2 rings (SSSR count). The Hall–Kier alpha value is -1.09. The van der Waals surface area contributed by atoms with Gasteiger partial charge in [-0.3, -0.25) is 4.98 Å². The third-order valence-electron chi connectivity index (χ3n) is 3.10. The molecule has 0 spiro atoms. The summed E-state index contributed by atoms with van der Waals surface area (Å²) in [6, 6.07) is 3.77. The predicted molar refractivity (Wildman–Crippen MR) is 58.0 cm³/mol. The number of hydrogen-bond donors (Lipinski definition) is 1. The van der Waals surface area contributed by atoms with Gasteiger partial charge < -0.3 is 9.84 Å². The quantitative estimate of drug-likeness (QED) is 0.807. The van der Waals surface area contributed by atoms with Crippen molar-refractivity contribution in [3.05, 3.63) is 24.0 Å². The van der Waals surface area contributed by atoms with E-state index >= 15 is 0 Å². The van der Waals surface area contributed by atoms with Crippen LogP contribution in [0, 0.1) is 0 Å². The number of pyridine rings is 1. The maximum Gasteiger partial charge on any atom is 0.140 e. The SMILES string of the molecule is COc1cccnc1C1CCCCC1O. The van der Waals surface area contributed by atoms with Gasteiger partial charge in [0, 0.05) is 12.1 Å². The standard InChI is InChI=1S/C12H17NO2/c1-15-11-7-4-8-13-12(11)9-5-2-3-6-10(9)14/h4,7-10,14H,2-3,5-6H2,1H3. The molecule has 1 aliphatic rings. The van der Waals surface area contributed by atoms with Gasteiger partial charge in [0.1, 0.15) is 5.75 Å². The van der Waals surface area contributed by atoms with Gasteiger partial charge in [0.05, 0.1) is 18.9 Å². The van der Waals surface area contributed by atoms with Gasteiger partial charge in [-0.05, 0) is 25.0 Å². The van der Waals surface area contributed by atoms with Gasteiger partial charge in [-0.15, -0.1) is 0 Å². The number of hydrogen-bond acceptors (Lipinski definition) is 3. The number of nitrogens with zero attached hydrogens (tertiary/aromatic N) is 1. The van der Waals surface area contributed by atoms with Crippen LogP contribution in [0.25, 0.3) is 0 Å². The third kappa shape index (κ3) is 2.12. The van der Waals surface area contributed by atoms with Crippen molar-refractivity contribution in [2.75, 3.05) is 7.11 Å². The van der Waals surface area contributed by atoms with Crippen molar-refractivity contribution in [1.29, 1.82) is 0 Å². The van der Waals surface area contributed by atoms with E-state index in [0.29, 0.717) is 0 Å². The molecule has 1 heterocycles. The summed E-state index contributed by atoms with van der Waals surface area (Å²) in [5.41, 5.74) is 0.909. The monoisotopic (exact) mass is 207 g/mol. The van der Waals surface area contributed by atoms with Crippen molar-refractivity contribution >= 4 is 0 Å². The Morgan fingerprint density at radius 3 is 2.93 bits per heavy atom. The molecular formula is C12H17NO2. The zero-order chi connectivity index (χ0) is 10.7. The minimum Gasteiger partial charge on any atom is -0.495 e. The highest BCUT2D eigenvalue weighted by Crippen LogP contribution is 2.35. The molecule has 1 saturated carbocycles. The van der Waals surface area contributed by atoms with Gasteiger partial charge in [-0.1, -0.05) is 12.8 Å². The van der Waals surface area contributed by atoms with Gasteiger partial charge in [0.25, 0.3) is 0 Å². The first-order valence-corrected chi connectivity index (χ1v) is 5.50. The first-order valence-electron chi connectivity index (χ1n) is 5.50. The Labute approximate surface area is 90.1 Å². The fraction of sp³-hybridized carbons (Fsp3) is 0.583. The lowest BCUT2D eigenvalue weighted by Crippen LogP contribution is -2.23. The summed E-state index contributed by atoms with van der Waals surface area (Å²) in [5.74, 6) is 0.943. The van der Waals surface area contributed by atoms with Gasteiger partial charge in [-0.25, -0.2) is 0 Å². The molecule has 0 aromatic carbocycles. The Bertz CT molecular complexity index is 327. The highest BCUT2D eigenvalue weighted by Gasteiger charge is 2.27. The molecule has 15 heavy (non-hydrogen) atoms. The molecule has 2 atom stereocenters. The lowest BCUT2D eigenvalue weighted by atomic mass is 9.84. The summed E-state index contributed by atoms with van der Waals surface area (Å²) >= 11 is 0. The number of aromatic nitrogens is 1. The molecule has 82 valence electrons. The Morgan fingerprint density at radius 2 is 2.20 bits per heavy atom. The van der Waals surface area contributed by atoms with E-state index in [9.17, 15) is 5.11 Å². The van der Waals surface area contributed by atoms with Crippen LogP contribution in [0.15, 0.2) is 18.3 Å². The van der Waals surface area contributed by atoms with Crippen molar-refractivity contribution in [2.45, 2.75) is 37.7 Å². The summed E-state index contributed by atoms with van der Waals surface area (Å²) in [7, 11) is 1.65. The summed E-state index contributed by atoms with van der Waals surface area (Å²) in [6.07, 6.45) is 5.68. The van der Waals surface area contributed by atoms with E-state index in [1.165, 1.54) is 6.42 Å². The van der Waals surface area contributed by atoms with Crippen LogP contribution in [0.5, 0.6) is 5.75 Å². The number of ether oxygens (including phenoxy) is 1. The lowest BCUT2D eigenvalue weighted by Gasteiger charge is -2.27. The predicted octanol–water partition coefficient (Wildman–Crippen LogP) is 2.11. The number of methoxy groups -OCH3 is 1. The second kappa shape index (κ2) is 4.62. The summed E-state index contributed by atoms with van der Waals surface area (Å²) in [6.45, 7) is 0. The van der Waals surface area contributed by atoms with Crippen LogP contribution in [0.3, 0.4) is 0 Å². The molecule has 0 radical (unpaired) electrons. The third-order valence-corrected chi connectivity index (χ3v) is 3.10. The normalized spacial score (nSPS) is 26.3. The summed E-state index contributed by atoms with van der Waals surface area (Å²) in [5, 5.41) is 9.95. The van der Waals surface area contributed by atoms with Crippen LogP contribution >= 0.6 is 0 Å². The van der Waals surface area contributed by atoms with Gasteiger partial charge in [0.15, 0.2) is 0 Å². The van der Waals surface area contributed by atoms with E-state index in [4.69, 9.17) is 4.74 Å². The van der Waals surface area contributed by atoms with Crippen molar-refractivity contribution in [3.63, 3.8) is 0 Å². The van der Waals surface area contributed by atoms with E-state index in [0.717, 1.165) is 30.7 Å². The number of rotatable bonds is 2. The first-order chi connectivity index (χ1) is 7.33. The minimum absolute atomic E-state index is 0.148. The zero-order valence-electron chi connectivity index (χ0n) is 9.02. The molecule has 1 fully saturated rings. The van der Waals surface area contributed by atoms with Crippen LogP contribution < -0.4 is 4.74 Å². The smallest absolute Gasteiger partial charge is 0.140 e. The highest BCUT2D eigenvalue weighted by molar-refractivity contribution is 5.30. The van der Waals surface area contributed by atoms with Crippen molar-refractivity contribution in [3.8, 4) is 5.75 Å². The molecule has 1 aromatic rings. The van der Waals surface area contributed by atoms with Crippen molar-refractivity contribution < 1.29 is 9.84 Å². The minimum atomic E-state index is -0.262. The van der Waals surface area contributed by atoms with E-state index in [2.05, 4.69) is 4.98 Å². The van der Waals surface area contributed by atoms with E-state index < -0.39 is 0 Å². The van der Waals surface area contributed by atoms with E-state index in [1.807, 2.05) is 12.1 Å². The summed E-state index contributed by atoms with van der Waals surface area (Å²) < 4.78 is 5.27. The van der Waals surface area contributed by atoms with Crippen LogP contribution in [-0.2, 0) is 0 Å². The molecule has 0 aliphatic heterocycles. The van der Waals surface area contributed by atoms with Crippen LogP contribution in [0.4, 0.5) is 0 Å². The molecule has 1 N–H and O–H groups in total. The fourth-order valence-corrected chi connectivity index (χ4v) is 2.28. The van der Waals surface area contributed by atoms with Crippen LogP contribution in [0.1, 0.15) is 37.3 Å². The lowest BCUT2D eigenvalue weighted by molar-refractivity contribution is 0.103. The maximum absolute atomic E-state index is 9.95. The fourth-order valence-electron chi connectivity index (χ4n) is 2.28. The molecule has 0 amide bonds. The van der Waals surface area contributed by atoms with Crippen molar-refractivity contribution in [2.24, 2.45) is 0 Å². The Morgan fingerprint density at radius 1 is 1.40 bits per heavy atom. The zero-order valence-corrected chi connectivity index (χ0v) is 9.02. The Balaban J connectivity index is 2.26. The average molecular weight is 207 g/mol. The molecule has 2 unspecified atom stereocenters. The van der Waals surface area contributed by atoms with Crippen LogP contribution in [0.2, 0.25) is 0 Å². The number of aliphatic hydroxyl groups is 1. The summed E-state index contributed by atoms with van der Waals surface area (Å²) in [4.78, 5) is 4.34. The number of aliphatic hydroxyl groups excluding tert-OH is 1. The molecule has 0 saturated heterocycles. The molecule has 1 aliphatic carbocycles. The molecule has 3 nitrogen and oxygen atoms in total. The molecular weight excluding hydrogens is 190 g/mol. The topological polar surface area (TPSA) is 42.4 Å². The van der Waals surface area contributed by atoms with Crippen molar-refractivity contribution in [1.82, 2.24) is 4.98 Å². The molecule has 3 heteroatoms. The van der Waals surface area contributed by atoms with Gasteiger partial charge >= 0.3 is 0 Å². The molecule has 0 bridgehead atoms. The molecule has 1 aromatic heterocycles. The largest absolute Gasteiger partial charge is 0.495 e. The van der Waals surface area contributed by atoms with E-state index in [-0.39, 0.29) is 12.0 Å². The van der Waals surface area contributed by atoms with Gasteiger partial charge in [-0.2, -0.15) is 0 Å². The van der Waals surface area contributed by atoms with E-state index in [1.54, 1.807) is 13.3 Å². The second-order valence-electron chi connectivity index (χ2n) is 4.05. The maximum atomic E-state index is 9.95. The average Bonchev–Trinajstić information content (AvgIpc) is 2.30. The second-order valence-corrected chi connectivity index (χ2v) is 4.05. The van der Waals surface area contributed by atoms with Crippen LogP contribution in [-0.4, -0.2) is 23.3 Å². The van der Waals surface area contributed by atoms with Gasteiger partial charge in [0.2, 0.25) is 0 Å². The first kappa shape index (κ1) is 10.4.